The molecule has 0 radical (unpaired) electrons. The van der Waals surface area contributed by atoms with Crippen LogP contribution in [0, 0.1) is 0 Å². The molecule has 2 fully saturated rings. The van der Waals surface area contributed by atoms with Crippen molar-refractivity contribution < 1.29 is 9.47 Å². The van der Waals surface area contributed by atoms with E-state index >= 15 is 0 Å². The Morgan fingerprint density at radius 1 is 0.366 bits per heavy atom. The van der Waals surface area contributed by atoms with Gasteiger partial charge in [-0.1, -0.05) is 149 Å². The van der Waals surface area contributed by atoms with Crippen molar-refractivity contribution in [3.63, 3.8) is 0 Å². The maximum Gasteiger partial charge on any atom is 0.120 e. The molecule has 0 spiro atoms. The zero-order valence-corrected chi connectivity index (χ0v) is 42.2. The van der Waals surface area contributed by atoms with Crippen molar-refractivity contribution in [3.05, 3.63) is 215 Å². The van der Waals surface area contributed by atoms with Crippen molar-refractivity contribution in [2.75, 3.05) is 24.0 Å². The van der Waals surface area contributed by atoms with Crippen molar-refractivity contribution in [2.24, 2.45) is 0 Å². The fourth-order valence-corrected chi connectivity index (χ4v) is 15.0. The Balaban J connectivity index is 0.987. The standard InChI is InChI=1S/C67H64N2O2/c1-63-35-13-15-37-65(63,3)68(51-23-17-25-53(43-51)70-5)61-33-29-47(41-59(61)63)45-27-31-57-55(39-45)56-40-46(28-32-58(56)67(57,49-19-9-7-10-20-49)50-21-11-8-12-22-50)48-30-34-62-60(42-48)64(2)36-14-16-38-66(64,4)69(62)52-24-18-26-54(44-52)71-6/h7-12,17-34,39-44H,13-16,35-38H2,1-6H3. The average molecular weight is 929 g/mol. The highest BCUT2D eigenvalue weighted by molar-refractivity contribution is 5.92. The normalized spacial score (nSPS) is 24.3. The number of hydrogen-bond donors (Lipinski definition) is 0. The van der Waals surface area contributed by atoms with Crippen LogP contribution in [0.3, 0.4) is 0 Å². The lowest BCUT2D eigenvalue weighted by Gasteiger charge is -2.50. The van der Waals surface area contributed by atoms with Gasteiger partial charge in [-0.2, -0.15) is 0 Å². The van der Waals surface area contributed by atoms with Gasteiger partial charge in [-0.3, -0.25) is 0 Å². The molecule has 71 heavy (non-hydrogen) atoms. The van der Waals surface area contributed by atoms with Gasteiger partial charge in [0.15, 0.2) is 0 Å². The minimum absolute atomic E-state index is 0.0132. The Morgan fingerprint density at radius 3 is 1.18 bits per heavy atom. The van der Waals surface area contributed by atoms with Crippen LogP contribution in [-0.4, -0.2) is 25.3 Å². The molecule has 8 aromatic rings. The predicted octanol–water partition coefficient (Wildman–Crippen LogP) is 16.9. The molecule has 4 unspecified atom stereocenters. The van der Waals surface area contributed by atoms with Crippen LogP contribution in [0.5, 0.6) is 11.5 Å². The van der Waals surface area contributed by atoms with Gasteiger partial charge in [0.05, 0.1) is 30.7 Å². The lowest BCUT2D eigenvalue weighted by atomic mass is 9.61. The van der Waals surface area contributed by atoms with Gasteiger partial charge in [0.25, 0.3) is 0 Å². The Labute approximate surface area is 420 Å². The van der Waals surface area contributed by atoms with Gasteiger partial charge in [0.1, 0.15) is 11.5 Å². The summed E-state index contributed by atoms with van der Waals surface area (Å²) in [7, 11) is 3.54. The minimum Gasteiger partial charge on any atom is -0.497 e. The smallest absolute Gasteiger partial charge is 0.120 e. The fraction of sp³-hybridized carbons (Fsp3) is 0.284. The lowest BCUT2D eigenvalue weighted by molar-refractivity contribution is 0.195. The molecule has 0 N–H and O–H groups in total. The summed E-state index contributed by atoms with van der Waals surface area (Å²) in [6, 6.07) is 69.2. The SMILES string of the molecule is COc1cccc(N2c3ccc(-c4ccc5c(c4)-c4cc(-c6ccc7c(c6)C6(C)CCCCC6(C)N7c6cccc(OC)c6)ccc4C5(c4ccccc4)c4ccccc4)cc3C3(C)CCCCC23C)c1. The summed E-state index contributed by atoms with van der Waals surface area (Å²) in [6.07, 6.45) is 9.56. The first kappa shape index (κ1) is 43.9. The molecule has 3 aliphatic carbocycles. The maximum absolute atomic E-state index is 5.78. The number of methoxy groups -OCH3 is 2. The first-order valence-corrected chi connectivity index (χ1v) is 26.1. The van der Waals surface area contributed by atoms with Gasteiger partial charge in [0, 0.05) is 45.7 Å². The third-order valence-electron chi connectivity index (χ3n) is 19.0. The molecule has 2 aliphatic heterocycles. The highest BCUT2D eigenvalue weighted by Crippen LogP contribution is 2.64. The third kappa shape index (κ3) is 6.03. The van der Waals surface area contributed by atoms with E-state index in [0.717, 1.165) is 37.2 Å². The molecule has 0 saturated heterocycles. The molecule has 4 atom stereocenters. The van der Waals surface area contributed by atoms with Gasteiger partial charge in [-0.15, -0.1) is 0 Å². The number of fused-ring (bicyclic) bond motifs is 9. The molecule has 0 bridgehead atoms. The summed E-state index contributed by atoms with van der Waals surface area (Å²) in [5, 5.41) is 0. The van der Waals surface area contributed by atoms with Crippen molar-refractivity contribution in [1.29, 1.82) is 0 Å². The molecule has 0 amide bonds. The lowest BCUT2D eigenvalue weighted by Crippen LogP contribution is -2.54. The Hall–Kier alpha value is -7.04. The summed E-state index contributed by atoms with van der Waals surface area (Å²) in [5.41, 5.74) is 20.2. The van der Waals surface area contributed by atoms with E-state index in [-0.39, 0.29) is 21.9 Å². The van der Waals surface area contributed by atoms with Crippen LogP contribution < -0.4 is 19.3 Å². The van der Waals surface area contributed by atoms with Crippen molar-refractivity contribution in [3.8, 4) is 44.9 Å². The summed E-state index contributed by atoms with van der Waals surface area (Å²) in [6.45, 7) is 10.1. The first-order valence-electron chi connectivity index (χ1n) is 26.1. The second-order valence-electron chi connectivity index (χ2n) is 22.2. The predicted molar refractivity (Wildman–Crippen MR) is 293 cm³/mol. The summed E-state index contributed by atoms with van der Waals surface area (Å²) >= 11 is 0. The molecule has 2 saturated carbocycles. The average Bonchev–Trinajstić information content (AvgIpc) is 3.91. The molecule has 0 aromatic heterocycles. The van der Waals surface area contributed by atoms with E-state index in [0.29, 0.717) is 0 Å². The second kappa shape index (κ2) is 16.0. The zero-order valence-electron chi connectivity index (χ0n) is 42.2. The van der Waals surface area contributed by atoms with Crippen LogP contribution in [0.2, 0.25) is 0 Å². The van der Waals surface area contributed by atoms with E-state index in [1.54, 1.807) is 14.2 Å². The van der Waals surface area contributed by atoms with Crippen LogP contribution in [0.15, 0.2) is 182 Å². The highest BCUT2D eigenvalue weighted by Gasteiger charge is 2.59. The quantitative estimate of drug-likeness (QED) is 0.152. The van der Waals surface area contributed by atoms with Crippen LogP contribution in [0.25, 0.3) is 33.4 Å². The van der Waals surface area contributed by atoms with E-state index in [2.05, 4.69) is 219 Å². The second-order valence-corrected chi connectivity index (χ2v) is 22.2. The number of nitrogens with zero attached hydrogens (tertiary/aromatic N) is 2. The Morgan fingerprint density at radius 2 is 0.761 bits per heavy atom. The van der Waals surface area contributed by atoms with E-state index < -0.39 is 5.41 Å². The van der Waals surface area contributed by atoms with E-state index in [9.17, 15) is 0 Å². The number of ether oxygens (including phenoxy) is 2. The molecule has 354 valence electrons. The molecule has 5 aliphatic rings. The van der Waals surface area contributed by atoms with Gasteiger partial charge in [-0.05, 0) is 167 Å². The van der Waals surface area contributed by atoms with Gasteiger partial charge >= 0.3 is 0 Å². The van der Waals surface area contributed by atoms with Gasteiger partial charge < -0.3 is 19.3 Å². The number of hydrogen-bond acceptors (Lipinski definition) is 4. The van der Waals surface area contributed by atoms with E-state index in [1.165, 1.54) is 115 Å². The summed E-state index contributed by atoms with van der Waals surface area (Å²) in [4.78, 5) is 5.29. The molecule has 8 aromatic carbocycles. The largest absolute Gasteiger partial charge is 0.497 e. The van der Waals surface area contributed by atoms with Crippen LogP contribution >= 0.6 is 0 Å². The summed E-state index contributed by atoms with van der Waals surface area (Å²) in [5.74, 6) is 1.79. The molecular weight excluding hydrogens is 865 g/mol. The highest BCUT2D eigenvalue weighted by atomic mass is 16.5. The van der Waals surface area contributed by atoms with E-state index in [4.69, 9.17) is 9.47 Å². The zero-order chi connectivity index (χ0) is 48.3. The molecule has 13 rings (SSSR count). The van der Waals surface area contributed by atoms with Crippen LogP contribution in [-0.2, 0) is 16.2 Å². The Bertz CT molecular complexity index is 3170. The minimum atomic E-state index is -0.497. The molecule has 4 nitrogen and oxygen atoms in total. The van der Waals surface area contributed by atoms with Crippen molar-refractivity contribution in [2.45, 2.75) is 106 Å². The maximum atomic E-state index is 5.78. The van der Waals surface area contributed by atoms with Crippen molar-refractivity contribution in [1.82, 2.24) is 0 Å². The first-order chi connectivity index (χ1) is 34.6. The van der Waals surface area contributed by atoms with Crippen molar-refractivity contribution >= 4 is 22.7 Å². The van der Waals surface area contributed by atoms with Gasteiger partial charge in [-0.25, -0.2) is 0 Å². The number of rotatable bonds is 8. The molecule has 4 heteroatoms. The number of benzene rings is 8. The molecule has 2 heterocycles. The Kier molecular flexibility index (Phi) is 9.89. The van der Waals surface area contributed by atoms with Crippen LogP contribution in [0.1, 0.15) is 112 Å². The van der Waals surface area contributed by atoms with Gasteiger partial charge in [0.2, 0.25) is 0 Å². The van der Waals surface area contributed by atoms with Crippen LogP contribution in [0.4, 0.5) is 22.7 Å². The fourth-order valence-electron chi connectivity index (χ4n) is 15.0. The monoisotopic (exact) mass is 928 g/mol. The van der Waals surface area contributed by atoms with E-state index in [1.807, 2.05) is 0 Å². The third-order valence-corrected chi connectivity index (χ3v) is 19.0. The summed E-state index contributed by atoms with van der Waals surface area (Å²) < 4.78 is 11.6. The number of anilines is 4. The molecular formula is C67H64N2O2. The topological polar surface area (TPSA) is 24.9 Å².